The molecule has 3 fully saturated rings. The molecule has 0 radical (unpaired) electrons. The number of hydrogen-bond acceptors (Lipinski definition) is 8. The van der Waals surface area contributed by atoms with Gasteiger partial charge in [0.2, 0.25) is 17.7 Å². The van der Waals surface area contributed by atoms with Gasteiger partial charge in [0.25, 0.3) is 0 Å². The van der Waals surface area contributed by atoms with Gasteiger partial charge in [-0.15, -0.1) is 0 Å². The van der Waals surface area contributed by atoms with E-state index in [0.717, 1.165) is 125 Å². The van der Waals surface area contributed by atoms with Gasteiger partial charge in [-0.05, 0) is 264 Å². The third kappa shape index (κ3) is 18.3. The second kappa shape index (κ2) is 29.0. The molecule has 13 heteroatoms. The number of ether oxygens (including phenoxy) is 1. The average Bonchev–Trinajstić information content (AvgIpc) is 0.794. The van der Waals surface area contributed by atoms with Gasteiger partial charge in [0, 0.05) is 30.2 Å². The number of rotatable bonds is 14. The van der Waals surface area contributed by atoms with Crippen LogP contribution in [0, 0.1) is 27.9 Å². The number of fused-ring (bicyclic) bond motifs is 6. The van der Waals surface area contributed by atoms with E-state index in [2.05, 4.69) is 122 Å². The molecule has 11 nitrogen and oxygen atoms in total. The monoisotopic (exact) mass is 1190 g/mol. The summed E-state index contributed by atoms with van der Waals surface area (Å²) in [6, 6.07) is 23.0. The number of piperidine rings is 3. The maximum atomic E-state index is 14.3. The lowest BCUT2D eigenvalue weighted by Crippen LogP contribution is -2.47. The van der Waals surface area contributed by atoms with Crippen molar-refractivity contribution in [3.63, 3.8) is 0 Å². The Hall–Kier alpha value is -5.08. The predicted octanol–water partition coefficient (Wildman–Crippen LogP) is 14.9. The van der Waals surface area contributed by atoms with Gasteiger partial charge in [0.15, 0.2) is 0 Å². The van der Waals surface area contributed by atoms with Gasteiger partial charge in [-0.1, -0.05) is 105 Å². The minimum atomic E-state index is -0.181. The van der Waals surface area contributed by atoms with E-state index in [0.29, 0.717) is 34.7 Å². The van der Waals surface area contributed by atoms with Crippen molar-refractivity contribution in [1.82, 2.24) is 35.6 Å². The summed E-state index contributed by atoms with van der Waals surface area (Å²) in [6.07, 6.45) is 20.2. The number of hydrogen-bond donors (Lipinski definition) is 3. The lowest BCUT2D eigenvalue weighted by molar-refractivity contribution is -0.126. The predicted molar refractivity (Wildman–Crippen MR) is 350 cm³/mol. The molecular formula is C73H113F2N7O4. The molecule has 3 atom stereocenters. The minimum Gasteiger partial charge on any atom is -0.372 e. The van der Waals surface area contributed by atoms with Crippen LogP contribution in [-0.2, 0) is 41.8 Å². The largest absolute Gasteiger partial charge is 0.372 e. The van der Waals surface area contributed by atoms with Crippen molar-refractivity contribution in [3.8, 4) is 0 Å². The standard InChI is InChI=1S/C27H36FN3O.C24H37FN2O2.C22H34N2O.3H2/c1-26(2,3)10-14-31-15-11-27(12-16-31)9-8-24(22-7-6-21(28)18-23(22)27)30-25(32)17-20-5-4-13-29-19-20;1-5-29-17-22(28)26-21-8-9-24(20-16-18(25)6-7-19(20)21)11-14-27(15-12-24)13-10-23(2,3)4;1-17(25)23-20-9-10-22(19-8-6-5-7-18(19)20)12-15-24(16-13-22)14-11-21(2,3)4;;;/h4-7,13,18-19,24H,8-12,14-17H2,1-3H3,(H,30,32);6-7,16,21H,5,8-15,17H2,1-4H3,(H,26,28);5-8,20H,9-16H2,1-4H3,(H,23,25);3*1H/t24-;21-;20-;;;/m111.../s1. The SMILES string of the molecule is CC(=O)N[C@@H]1CCC2(CCN(CCC(C)(C)C)CC2)c2ccccc21.CC(C)(C)CCN1CCC2(CC[C@@H](NC(=O)Cc3cccnc3)c3ccc(F)cc32)CC1.CCOCC(=O)N[C@@H]1CCC2(CCN(CCC(C)(C)C)CC2)c2cc(F)ccc21.[HH].[HH].[HH]. The van der Waals surface area contributed by atoms with Gasteiger partial charge < -0.3 is 35.4 Å². The molecule has 6 aliphatic rings. The van der Waals surface area contributed by atoms with Crippen molar-refractivity contribution in [1.29, 1.82) is 0 Å². The molecule has 3 N–H and O–H groups in total. The second-order valence-electron chi connectivity index (χ2n) is 30.1. The average molecular weight is 1190 g/mol. The van der Waals surface area contributed by atoms with E-state index in [-0.39, 0.29) is 69.2 Å². The number of halogens is 2. The van der Waals surface area contributed by atoms with Gasteiger partial charge in [-0.2, -0.15) is 0 Å². The zero-order chi connectivity index (χ0) is 61.9. The van der Waals surface area contributed by atoms with Crippen LogP contribution in [0.3, 0.4) is 0 Å². The number of likely N-dealkylation sites (tertiary alicyclic amines) is 3. The smallest absolute Gasteiger partial charge is 0.246 e. The zero-order valence-corrected chi connectivity index (χ0v) is 54.6. The Kier molecular flexibility index (Phi) is 22.6. The normalized spacial score (nSPS) is 21.8. The lowest BCUT2D eigenvalue weighted by atomic mass is 9.63. The van der Waals surface area contributed by atoms with E-state index >= 15 is 0 Å². The number of pyridine rings is 1. The number of nitrogens with one attached hydrogen (secondary N) is 3. The lowest BCUT2D eigenvalue weighted by Gasteiger charge is -2.47. The third-order valence-corrected chi connectivity index (χ3v) is 20.1. The minimum absolute atomic E-state index is 0. The van der Waals surface area contributed by atoms with Crippen LogP contribution in [0.15, 0.2) is 85.2 Å². The van der Waals surface area contributed by atoms with E-state index in [1.165, 1.54) is 81.4 Å². The fourth-order valence-electron chi connectivity index (χ4n) is 14.7. The summed E-state index contributed by atoms with van der Waals surface area (Å²) in [6.45, 7) is 35.0. The van der Waals surface area contributed by atoms with Crippen LogP contribution in [0.5, 0.6) is 0 Å². The van der Waals surface area contributed by atoms with Crippen molar-refractivity contribution in [2.24, 2.45) is 16.2 Å². The van der Waals surface area contributed by atoms with Crippen molar-refractivity contribution in [2.45, 2.75) is 213 Å². The van der Waals surface area contributed by atoms with Gasteiger partial charge in [-0.3, -0.25) is 19.4 Å². The molecule has 86 heavy (non-hydrogen) atoms. The van der Waals surface area contributed by atoms with E-state index in [9.17, 15) is 23.2 Å². The summed E-state index contributed by atoms with van der Waals surface area (Å²) in [7, 11) is 0. The van der Waals surface area contributed by atoms with Gasteiger partial charge in [0.05, 0.1) is 24.5 Å². The van der Waals surface area contributed by atoms with Crippen LogP contribution in [0.4, 0.5) is 8.78 Å². The molecule has 3 amide bonds. The Labute approximate surface area is 520 Å². The topological polar surface area (TPSA) is 119 Å². The molecule has 4 aromatic rings. The molecule has 0 bridgehead atoms. The van der Waals surface area contributed by atoms with Crippen LogP contribution >= 0.6 is 0 Å². The first-order valence-corrected chi connectivity index (χ1v) is 32.9. The van der Waals surface area contributed by atoms with Crippen LogP contribution < -0.4 is 16.0 Å². The number of nitrogens with zero attached hydrogens (tertiary/aromatic N) is 4. The van der Waals surface area contributed by atoms with Gasteiger partial charge in [0.1, 0.15) is 18.2 Å². The second-order valence-corrected chi connectivity index (χ2v) is 30.1. The van der Waals surface area contributed by atoms with Crippen LogP contribution in [0.1, 0.15) is 234 Å². The number of benzene rings is 3. The fourth-order valence-corrected chi connectivity index (χ4v) is 14.7. The van der Waals surface area contributed by atoms with Crippen molar-refractivity contribution < 1.29 is 32.2 Å². The maximum absolute atomic E-state index is 14.3. The summed E-state index contributed by atoms with van der Waals surface area (Å²) in [5, 5.41) is 9.47. The molecule has 3 saturated heterocycles. The molecule has 0 unspecified atom stereocenters. The summed E-state index contributed by atoms with van der Waals surface area (Å²) < 4.78 is 33.8. The van der Waals surface area contributed by atoms with Crippen LogP contribution in [0.25, 0.3) is 0 Å². The summed E-state index contributed by atoms with van der Waals surface area (Å²) in [5.41, 5.74) is 9.66. The Morgan fingerprint density at radius 2 is 0.953 bits per heavy atom. The van der Waals surface area contributed by atoms with Crippen molar-refractivity contribution in [3.05, 3.63) is 136 Å². The molecule has 0 saturated carbocycles. The van der Waals surface area contributed by atoms with Crippen molar-refractivity contribution in [2.75, 3.05) is 72.1 Å². The first-order valence-electron chi connectivity index (χ1n) is 32.9. The molecule has 3 spiro atoms. The Morgan fingerprint density at radius 3 is 1.36 bits per heavy atom. The molecule has 3 aromatic carbocycles. The summed E-state index contributed by atoms with van der Waals surface area (Å²) >= 11 is 0. The first-order chi connectivity index (χ1) is 40.8. The highest BCUT2D eigenvalue weighted by Crippen LogP contribution is 2.51. The molecule has 3 aliphatic carbocycles. The maximum Gasteiger partial charge on any atom is 0.246 e. The Morgan fingerprint density at radius 1 is 0.547 bits per heavy atom. The number of carbonyl (C=O) groups excluding carboxylic acids is 3. The quantitative estimate of drug-likeness (QED) is 0.114. The Bertz CT molecular complexity index is 2870. The highest BCUT2D eigenvalue weighted by Gasteiger charge is 2.45. The zero-order valence-electron chi connectivity index (χ0n) is 54.6. The van der Waals surface area contributed by atoms with Crippen molar-refractivity contribution >= 4 is 17.7 Å². The van der Waals surface area contributed by atoms with Gasteiger partial charge in [-0.25, -0.2) is 8.78 Å². The molecule has 4 heterocycles. The highest BCUT2D eigenvalue weighted by atomic mass is 19.1. The van der Waals surface area contributed by atoms with E-state index in [4.69, 9.17) is 4.74 Å². The highest BCUT2D eigenvalue weighted by molar-refractivity contribution is 5.79. The van der Waals surface area contributed by atoms with E-state index in [1.54, 1.807) is 31.5 Å². The van der Waals surface area contributed by atoms with Gasteiger partial charge >= 0.3 is 0 Å². The first kappa shape index (κ1) is 66.9. The van der Waals surface area contributed by atoms with E-state index < -0.39 is 0 Å². The Balaban J connectivity index is 0.000000241. The van der Waals surface area contributed by atoms with Crippen LogP contribution in [0.2, 0.25) is 0 Å². The third-order valence-electron chi connectivity index (χ3n) is 20.1. The molecule has 478 valence electrons. The molecular weight excluding hydrogens is 1080 g/mol. The van der Waals surface area contributed by atoms with E-state index in [1.807, 2.05) is 31.2 Å². The fraction of sp³-hybridized carbons (Fsp3) is 0.644. The summed E-state index contributed by atoms with van der Waals surface area (Å²) in [5.74, 6) is -0.390. The number of carbonyl (C=O) groups is 3. The number of aromatic nitrogens is 1. The van der Waals surface area contributed by atoms with Crippen LogP contribution in [-0.4, -0.2) is 110 Å². The number of amides is 3. The molecule has 3 aliphatic heterocycles. The summed E-state index contributed by atoms with van der Waals surface area (Å²) in [4.78, 5) is 48.3. The molecule has 10 rings (SSSR count). The molecule has 1 aromatic heterocycles.